The van der Waals surface area contributed by atoms with Crippen LogP contribution >= 0.6 is 0 Å². The molecule has 0 aliphatic rings. The molecule has 2 rings (SSSR count). The van der Waals surface area contributed by atoms with Crippen LogP contribution in [0.25, 0.3) is 0 Å². The van der Waals surface area contributed by atoms with Crippen LogP contribution < -0.4 is 20.1 Å². The third-order valence-electron chi connectivity index (χ3n) is 3.52. The maximum atomic E-state index is 12.0. The SMILES string of the molecule is CCOc1ccc(OCNC(=O)Nc2c(C)cc(C)cc2C)cc1. The minimum Gasteiger partial charge on any atom is -0.494 e. The van der Waals surface area contributed by atoms with Crippen molar-refractivity contribution in [3.8, 4) is 11.5 Å². The molecule has 0 aliphatic carbocycles. The van der Waals surface area contributed by atoms with Crippen molar-refractivity contribution in [2.45, 2.75) is 27.7 Å². The van der Waals surface area contributed by atoms with Crippen molar-refractivity contribution in [2.24, 2.45) is 0 Å². The summed E-state index contributed by atoms with van der Waals surface area (Å²) in [4.78, 5) is 12.0. The summed E-state index contributed by atoms with van der Waals surface area (Å²) in [6.07, 6.45) is 0. The molecule has 2 N–H and O–H groups in total. The van der Waals surface area contributed by atoms with Gasteiger partial charge in [-0.25, -0.2) is 4.79 Å². The Morgan fingerprint density at radius 1 is 0.958 bits per heavy atom. The highest BCUT2D eigenvalue weighted by Gasteiger charge is 2.07. The third-order valence-corrected chi connectivity index (χ3v) is 3.52. The number of hydrogen-bond donors (Lipinski definition) is 2. The van der Waals surface area contributed by atoms with Gasteiger partial charge in [0.05, 0.1) is 6.61 Å². The first kappa shape index (κ1) is 17.7. The number of benzene rings is 2. The van der Waals surface area contributed by atoms with Crippen molar-refractivity contribution in [1.29, 1.82) is 0 Å². The number of carbonyl (C=O) groups is 1. The number of carbonyl (C=O) groups excluding carboxylic acids is 1. The highest BCUT2D eigenvalue weighted by atomic mass is 16.5. The molecule has 0 radical (unpaired) electrons. The summed E-state index contributed by atoms with van der Waals surface area (Å²) in [7, 11) is 0. The van der Waals surface area contributed by atoms with Gasteiger partial charge < -0.3 is 20.1 Å². The first-order valence-corrected chi connectivity index (χ1v) is 7.98. The van der Waals surface area contributed by atoms with Crippen LogP contribution in [0.5, 0.6) is 11.5 Å². The second kappa shape index (κ2) is 8.24. The van der Waals surface area contributed by atoms with E-state index in [1.165, 1.54) is 5.56 Å². The van der Waals surface area contributed by atoms with E-state index in [2.05, 4.69) is 10.6 Å². The number of anilines is 1. The molecule has 2 aromatic carbocycles. The molecule has 0 bridgehead atoms. The van der Waals surface area contributed by atoms with Crippen LogP contribution in [0.15, 0.2) is 36.4 Å². The van der Waals surface area contributed by atoms with E-state index in [0.717, 1.165) is 22.6 Å². The summed E-state index contributed by atoms with van der Waals surface area (Å²) >= 11 is 0. The molecule has 0 heterocycles. The predicted molar refractivity (Wildman–Crippen MR) is 95.9 cm³/mol. The molecule has 2 aromatic rings. The van der Waals surface area contributed by atoms with Crippen molar-refractivity contribution < 1.29 is 14.3 Å². The molecule has 5 heteroatoms. The van der Waals surface area contributed by atoms with Gasteiger partial charge in [0, 0.05) is 5.69 Å². The average Bonchev–Trinajstić information content (AvgIpc) is 2.53. The molecule has 0 aromatic heterocycles. The third kappa shape index (κ3) is 4.91. The zero-order chi connectivity index (χ0) is 17.5. The molecule has 2 amide bonds. The fraction of sp³-hybridized carbons (Fsp3) is 0.316. The molecule has 0 fully saturated rings. The Morgan fingerprint density at radius 2 is 1.50 bits per heavy atom. The summed E-state index contributed by atoms with van der Waals surface area (Å²) in [5, 5.41) is 5.55. The van der Waals surface area contributed by atoms with E-state index in [9.17, 15) is 4.79 Å². The van der Waals surface area contributed by atoms with Gasteiger partial charge in [-0.05, 0) is 63.1 Å². The second-order valence-corrected chi connectivity index (χ2v) is 5.60. The highest BCUT2D eigenvalue weighted by molar-refractivity contribution is 5.91. The topological polar surface area (TPSA) is 59.6 Å². The zero-order valence-electron chi connectivity index (χ0n) is 14.6. The molecular formula is C19H24N2O3. The molecular weight excluding hydrogens is 304 g/mol. The number of aryl methyl sites for hydroxylation is 3. The number of amides is 2. The van der Waals surface area contributed by atoms with Crippen molar-refractivity contribution in [2.75, 3.05) is 18.7 Å². The van der Waals surface area contributed by atoms with E-state index < -0.39 is 0 Å². The Labute approximate surface area is 143 Å². The normalized spacial score (nSPS) is 10.2. The molecule has 0 saturated carbocycles. The first-order valence-electron chi connectivity index (χ1n) is 7.98. The minimum atomic E-state index is -0.295. The van der Waals surface area contributed by atoms with Crippen LogP contribution in [-0.4, -0.2) is 19.4 Å². The summed E-state index contributed by atoms with van der Waals surface area (Å²) in [6.45, 7) is 8.64. The van der Waals surface area contributed by atoms with Crippen LogP contribution in [0.4, 0.5) is 10.5 Å². The van der Waals surface area contributed by atoms with Gasteiger partial charge in [-0.2, -0.15) is 0 Å². The van der Waals surface area contributed by atoms with Gasteiger partial charge >= 0.3 is 6.03 Å². The van der Waals surface area contributed by atoms with Crippen LogP contribution in [0, 0.1) is 20.8 Å². The molecule has 5 nitrogen and oxygen atoms in total. The Balaban J connectivity index is 1.83. The largest absolute Gasteiger partial charge is 0.494 e. The van der Waals surface area contributed by atoms with Gasteiger partial charge in [-0.3, -0.25) is 0 Å². The van der Waals surface area contributed by atoms with Gasteiger partial charge in [-0.1, -0.05) is 17.7 Å². The van der Waals surface area contributed by atoms with Crippen molar-refractivity contribution in [3.63, 3.8) is 0 Å². The first-order chi connectivity index (χ1) is 11.5. The highest BCUT2D eigenvalue weighted by Crippen LogP contribution is 2.21. The Bertz CT molecular complexity index is 673. The summed E-state index contributed by atoms with van der Waals surface area (Å²) in [5.74, 6) is 1.46. The lowest BCUT2D eigenvalue weighted by atomic mass is 10.1. The predicted octanol–water partition coefficient (Wildman–Crippen LogP) is 4.17. The molecule has 0 atom stereocenters. The lowest BCUT2D eigenvalue weighted by Crippen LogP contribution is -2.32. The fourth-order valence-corrected chi connectivity index (χ4v) is 2.52. The van der Waals surface area contributed by atoms with E-state index in [-0.39, 0.29) is 12.8 Å². The molecule has 0 spiro atoms. The average molecular weight is 328 g/mol. The van der Waals surface area contributed by atoms with E-state index in [1.807, 2.05) is 52.0 Å². The molecule has 128 valence electrons. The van der Waals surface area contributed by atoms with Crippen molar-refractivity contribution in [1.82, 2.24) is 5.32 Å². The van der Waals surface area contributed by atoms with E-state index >= 15 is 0 Å². The molecule has 0 saturated heterocycles. The molecule has 0 unspecified atom stereocenters. The van der Waals surface area contributed by atoms with Gasteiger partial charge in [-0.15, -0.1) is 0 Å². The van der Waals surface area contributed by atoms with Crippen LogP contribution in [-0.2, 0) is 0 Å². The Hall–Kier alpha value is -2.69. The van der Waals surface area contributed by atoms with Crippen molar-refractivity contribution in [3.05, 3.63) is 53.1 Å². The van der Waals surface area contributed by atoms with Gasteiger partial charge in [0.15, 0.2) is 6.73 Å². The number of urea groups is 1. The Kier molecular flexibility index (Phi) is 6.07. The minimum absolute atomic E-state index is 0.0871. The molecule has 24 heavy (non-hydrogen) atoms. The number of rotatable bonds is 6. The summed E-state index contributed by atoms with van der Waals surface area (Å²) in [6, 6.07) is 11.1. The maximum Gasteiger partial charge on any atom is 0.321 e. The number of hydrogen-bond acceptors (Lipinski definition) is 3. The fourth-order valence-electron chi connectivity index (χ4n) is 2.52. The standard InChI is InChI=1S/C19H24N2O3/c1-5-23-16-6-8-17(9-7-16)24-12-20-19(22)21-18-14(3)10-13(2)11-15(18)4/h6-11H,5,12H2,1-4H3,(H2,20,21,22). The van der Waals surface area contributed by atoms with Crippen molar-refractivity contribution >= 4 is 11.7 Å². The molecule has 0 aliphatic heterocycles. The number of ether oxygens (including phenoxy) is 2. The summed E-state index contributed by atoms with van der Waals surface area (Å²) in [5.41, 5.74) is 4.08. The smallest absolute Gasteiger partial charge is 0.321 e. The van der Waals surface area contributed by atoms with Crippen LogP contribution in [0.1, 0.15) is 23.6 Å². The number of nitrogens with one attached hydrogen (secondary N) is 2. The second-order valence-electron chi connectivity index (χ2n) is 5.60. The van der Waals surface area contributed by atoms with Gasteiger partial charge in [0.2, 0.25) is 0 Å². The summed E-state index contributed by atoms with van der Waals surface area (Å²) < 4.78 is 10.9. The zero-order valence-corrected chi connectivity index (χ0v) is 14.6. The van der Waals surface area contributed by atoms with Gasteiger partial charge in [0.25, 0.3) is 0 Å². The van der Waals surface area contributed by atoms with Gasteiger partial charge in [0.1, 0.15) is 11.5 Å². The van der Waals surface area contributed by atoms with Crippen LogP contribution in [0.3, 0.4) is 0 Å². The lowest BCUT2D eigenvalue weighted by Gasteiger charge is -2.14. The Morgan fingerprint density at radius 3 is 2.04 bits per heavy atom. The van der Waals surface area contributed by atoms with E-state index in [4.69, 9.17) is 9.47 Å². The lowest BCUT2D eigenvalue weighted by molar-refractivity contribution is 0.234. The van der Waals surface area contributed by atoms with E-state index in [0.29, 0.717) is 12.4 Å². The quantitative estimate of drug-likeness (QED) is 0.783. The van der Waals surface area contributed by atoms with Crippen LogP contribution in [0.2, 0.25) is 0 Å². The monoisotopic (exact) mass is 328 g/mol. The maximum absolute atomic E-state index is 12.0. The van der Waals surface area contributed by atoms with E-state index in [1.54, 1.807) is 12.1 Å².